The molecule has 0 aromatic heterocycles. The van der Waals surface area contributed by atoms with Crippen molar-refractivity contribution in [3.8, 4) is 0 Å². The van der Waals surface area contributed by atoms with Gasteiger partial charge in [0.2, 0.25) is 0 Å². The van der Waals surface area contributed by atoms with Crippen LogP contribution in [0.25, 0.3) is 0 Å². The van der Waals surface area contributed by atoms with E-state index in [0.717, 1.165) is 0 Å². The molecule has 0 aliphatic carbocycles. The van der Waals surface area contributed by atoms with Crippen molar-refractivity contribution >= 4 is 23.1 Å². The molecule has 0 radical (unpaired) electrons. The molecule has 0 aromatic rings. The molecule has 0 unspecified atom stereocenters. The molecule has 0 amide bonds. The molecular formula is C20H36O4. The topological polar surface area (TPSA) is 68.3 Å². The summed E-state index contributed by atoms with van der Waals surface area (Å²) >= 11 is 0. The number of hydrogen-bond donors (Lipinski definition) is 0. The van der Waals surface area contributed by atoms with Crippen molar-refractivity contribution in [2.24, 2.45) is 22.2 Å². The second kappa shape index (κ2) is 8.68. The molecule has 24 heavy (non-hydrogen) atoms. The first-order valence-electron chi connectivity index (χ1n) is 8.39. The Hall–Kier alpha value is -1.32. The summed E-state index contributed by atoms with van der Waals surface area (Å²) in [6.45, 7) is 19.7. The van der Waals surface area contributed by atoms with E-state index in [9.17, 15) is 19.2 Å². The lowest BCUT2D eigenvalue weighted by atomic mass is 9.76. The van der Waals surface area contributed by atoms with E-state index >= 15 is 0 Å². The third-order valence-electron chi connectivity index (χ3n) is 3.67. The van der Waals surface area contributed by atoms with Gasteiger partial charge in [0.25, 0.3) is 0 Å². The van der Waals surface area contributed by atoms with Crippen molar-refractivity contribution in [2.45, 2.75) is 82.6 Å². The minimum absolute atomic E-state index is 0.0208. The van der Waals surface area contributed by atoms with Crippen LogP contribution in [0.4, 0.5) is 0 Å². The van der Waals surface area contributed by atoms with Crippen LogP contribution in [0.3, 0.4) is 0 Å². The Balaban J connectivity index is 0. The van der Waals surface area contributed by atoms with Crippen LogP contribution < -0.4 is 0 Å². The average Bonchev–Trinajstić information content (AvgIpc) is 2.22. The fourth-order valence-corrected chi connectivity index (χ4v) is 2.18. The van der Waals surface area contributed by atoms with E-state index in [4.69, 9.17) is 0 Å². The van der Waals surface area contributed by atoms with Crippen LogP contribution >= 0.6 is 0 Å². The fourth-order valence-electron chi connectivity index (χ4n) is 2.18. The number of ketones is 4. The maximum atomic E-state index is 11.5. The molecule has 0 saturated carbocycles. The fraction of sp³-hybridized carbons (Fsp3) is 0.800. The molecule has 0 aliphatic rings. The minimum Gasteiger partial charge on any atom is -0.299 e. The number of carbonyl (C=O) groups excluding carboxylic acids is 4. The predicted molar refractivity (Wildman–Crippen MR) is 97.8 cm³/mol. The lowest BCUT2D eigenvalue weighted by Gasteiger charge is -2.25. The molecule has 0 heterocycles. The van der Waals surface area contributed by atoms with Gasteiger partial charge in [0.15, 0.2) is 0 Å². The van der Waals surface area contributed by atoms with Gasteiger partial charge < -0.3 is 0 Å². The zero-order valence-electron chi connectivity index (χ0n) is 17.4. The van der Waals surface area contributed by atoms with E-state index in [1.807, 2.05) is 62.3 Å². The standard InChI is InChI=1S/C11H20O2.C9H16O2/c1-10(2,3)8(12)7-9(13)11(4,5)6;1-6(10)8(7(2)11)9(3,4)5/h7H2,1-6H3;8H,1-5H3. The van der Waals surface area contributed by atoms with Crippen molar-refractivity contribution in [3.63, 3.8) is 0 Å². The molecular weight excluding hydrogens is 304 g/mol. The molecule has 0 atom stereocenters. The third-order valence-corrected chi connectivity index (χ3v) is 3.67. The molecule has 0 aliphatic heterocycles. The summed E-state index contributed by atoms with van der Waals surface area (Å²) in [7, 11) is 0. The average molecular weight is 341 g/mol. The highest BCUT2D eigenvalue weighted by Gasteiger charge is 2.32. The Morgan fingerprint density at radius 2 is 0.875 bits per heavy atom. The van der Waals surface area contributed by atoms with E-state index in [1.165, 1.54) is 13.8 Å². The van der Waals surface area contributed by atoms with Gasteiger partial charge in [-0.25, -0.2) is 0 Å². The number of carbonyl (C=O) groups is 4. The molecule has 0 aromatic carbocycles. The highest BCUT2D eigenvalue weighted by atomic mass is 16.2. The Bertz CT molecular complexity index is 441. The summed E-state index contributed by atoms with van der Waals surface area (Å²) in [5.41, 5.74) is -1.04. The van der Waals surface area contributed by atoms with Gasteiger partial charge in [-0.15, -0.1) is 0 Å². The maximum Gasteiger partial charge on any atom is 0.145 e. The van der Waals surface area contributed by atoms with Gasteiger partial charge in [0.1, 0.15) is 23.1 Å². The van der Waals surface area contributed by atoms with Crippen LogP contribution in [-0.4, -0.2) is 23.1 Å². The van der Waals surface area contributed by atoms with Gasteiger partial charge in [-0.2, -0.15) is 0 Å². The zero-order chi connectivity index (χ0) is 20.1. The second-order valence-electron chi connectivity index (χ2n) is 9.54. The van der Waals surface area contributed by atoms with Crippen LogP contribution in [0.1, 0.15) is 82.6 Å². The quantitative estimate of drug-likeness (QED) is 0.710. The summed E-state index contributed by atoms with van der Waals surface area (Å²) in [4.78, 5) is 45.0. The Morgan fingerprint density at radius 1 is 0.625 bits per heavy atom. The lowest BCUT2D eigenvalue weighted by Crippen LogP contribution is -2.32. The first kappa shape index (κ1) is 24.9. The van der Waals surface area contributed by atoms with Gasteiger partial charge in [-0.1, -0.05) is 62.3 Å². The molecule has 4 heteroatoms. The third kappa shape index (κ3) is 9.74. The van der Waals surface area contributed by atoms with Crippen molar-refractivity contribution < 1.29 is 19.2 Å². The second-order valence-corrected chi connectivity index (χ2v) is 9.54. The molecule has 0 bridgehead atoms. The largest absolute Gasteiger partial charge is 0.299 e. The Labute approximate surface area is 147 Å². The van der Waals surface area contributed by atoms with Crippen molar-refractivity contribution in [2.75, 3.05) is 0 Å². The maximum absolute atomic E-state index is 11.5. The lowest BCUT2D eigenvalue weighted by molar-refractivity contribution is -0.136. The van der Waals surface area contributed by atoms with Crippen LogP contribution in [-0.2, 0) is 19.2 Å². The first-order chi connectivity index (χ1) is 10.3. The van der Waals surface area contributed by atoms with Crippen LogP contribution in [0, 0.1) is 22.2 Å². The monoisotopic (exact) mass is 340 g/mol. The van der Waals surface area contributed by atoms with Crippen molar-refractivity contribution in [1.29, 1.82) is 0 Å². The first-order valence-corrected chi connectivity index (χ1v) is 8.39. The van der Waals surface area contributed by atoms with E-state index in [2.05, 4.69) is 0 Å². The van der Waals surface area contributed by atoms with Crippen molar-refractivity contribution in [1.82, 2.24) is 0 Å². The SMILES string of the molecule is CC(=O)C(C(C)=O)C(C)(C)C.CC(C)(C)C(=O)CC(=O)C(C)(C)C. The van der Waals surface area contributed by atoms with Gasteiger partial charge in [0.05, 0.1) is 12.3 Å². The number of Topliss-reactive ketones (excluding diaryl/α,β-unsaturated/α-hetero) is 4. The van der Waals surface area contributed by atoms with Crippen LogP contribution in [0.2, 0.25) is 0 Å². The van der Waals surface area contributed by atoms with E-state index in [1.54, 1.807) is 0 Å². The number of rotatable bonds is 4. The van der Waals surface area contributed by atoms with Crippen LogP contribution in [0.15, 0.2) is 0 Å². The number of hydrogen-bond acceptors (Lipinski definition) is 4. The predicted octanol–water partition coefficient (Wildman–Crippen LogP) is 4.43. The molecule has 0 rings (SSSR count). The molecule has 0 saturated heterocycles. The smallest absolute Gasteiger partial charge is 0.145 e. The molecule has 140 valence electrons. The molecule has 4 nitrogen and oxygen atoms in total. The summed E-state index contributed by atoms with van der Waals surface area (Å²) in [5, 5.41) is 0. The highest BCUT2D eigenvalue weighted by Crippen LogP contribution is 2.27. The molecule has 0 fully saturated rings. The van der Waals surface area contributed by atoms with Gasteiger partial charge in [-0.3, -0.25) is 19.2 Å². The van der Waals surface area contributed by atoms with Gasteiger partial charge in [-0.05, 0) is 19.3 Å². The normalized spacial score (nSPS) is 12.3. The van der Waals surface area contributed by atoms with E-state index in [0.29, 0.717) is 0 Å². The van der Waals surface area contributed by atoms with Crippen LogP contribution in [0.5, 0.6) is 0 Å². The molecule has 0 N–H and O–H groups in total. The summed E-state index contributed by atoms with van der Waals surface area (Å²) < 4.78 is 0. The summed E-state index contributed by atoms with van der Waals surface area (Å²) in [5.74, 6) is -0.475. The van der Waals surface area contributed by atoms with Crippen molar-refractivity contribution in [3.05, 3.63) is 0 Å². The zero-order valence-corrected chi connectivity index (χ0v) is 17.4. The Kier molecular flexibility index (Phi) is 9.02. The summed E-state index contributed by atoms with van der Waals surface area (Å²) in [6, 6.07) is 0. The van der Waals surface area contributed by atoms with Gasteiger partial charge in [0, 0.05) is 10.8 Å². The minimum atomic E-state index is -0.442. The summed E-state index contributed by atoms with van der Waals surface area (Å²) in [6.07, 6.45) is 0.0625. The Morgan fingerprint density at radius 3 is 0.958 bits per heavy atom. The molecule has 0 spiro atoms. The highest BCUT2D eigenvalue weighted by molar-refractivity contribution is 6.03. The van der Waals surface area contributed by atoms with E-state index in [-0.39, 0.29) is 35.0 Å². The van der Waals surface area contributed by atoms with Gasteiger partial charge >= 0.3 is 0 Å². The van der Waals surface area contributed by atoms with E-state index < -0.39 is 16.7 Å².